The van der Waals surface area contributed by atoms with E-state index in [1.54, 1.807) is 11.3 Å². The second kappa shape index (κ2) is 6.50. The van der Waals surface area contributed by atoms with Gasteiger partial charge in [-0.1, -0.05) is 26.7 Å². The van der Waals surface area contributed by atoms with Crippen molar-refractivity contribution in [1.29, 1.82) is 0 Å². The van der Waals surface area contributed by atoms with E-state index in [9.17, 15) is 0 Å². The van der Waals surface area contributed by atoms with Crippen LogP contribution < -0.4 is 5.32 Å². The molecule has 17 heavy (non-hydrogen) atoms. The summed E-state index contributed by atoms with van der Waals surface area (Å²) in [5.41, 5.74) is 1.23. The van der Waals surface area contributed by atoms with E-state index in [0.717, 1.165) is 18.9 Å². The van der Waals surface area contributed by atoms with Gasteiger partial charge in [0.1, 0.15) is 0 Å². The minimum Gasteiger partial charge on any atom is -0.308 e. The Balaban J connectivity index is 1.77. The molecule has 1 N–H and O–H groups in total. The highest BCUT2D eigenvalue weighted by molar-refractivity contribution is 7.09. The smallest absolute Gasteiger partial charge is 0.0926 e. The summed E-state index contributed by atoms with van der Waals surface area (Å²) in [6, 6.07) is 0.715. The van der Waals surface area contributed by atoms with Gasteiger partial charge in [0.05, 0.1) is 10.7 Å². The van der Waals surface area contributed by atoms with Gasteiger partial charge >= 0.3 is 0 Å². The zero-order valence-electron chi connectivity index (χ0n) is 11.0. The maximum atomic E-state index is 4.61. The molecule has 1 fully saturated rings. The summed E-state index contributed by atoms with van der Waals surface area (Å²) in [7, 11) is 0. The van der Waals surface area contributed by atoms with E-state index in [0.29, 0.717) is 6.04 Å². The first-order valence-corrected chi connectivity index (χ1v) is 7.82. The van der Waals surface area contributed by atoms with Crippen molar-refractivity contribution < 1.29 is 0 Å². The highest BCUT2D eigenvalue weighted by Gasteiger charge is 2.15. The largest absolute Gasteiger partial charge is 0.308 e. The molecule has 0 radical (unpaired) electrons. The summed E-state index contributed by atoms with van der Waals surface area (Å²) in [5, 5.41) is 7.14. The van der Waals surface area contributed by atoms with Crippen LogP contribution in [0.25, 0.3) is 0 Å². The fourth-order valence-corrected chi connectivity index (χ4v) is 3.28. The quantitative estimate of drug-likeness (QED) is 0.825. The number of aryl methyl sites for hydroxylation is 1. The van der Waals surface area contributed by atoms with Crippen LogP contribution in [0.3, 0.4) is 0 Å². The molecular weight excluding hydrogens is 228 g/mol. The van der Waals surface area contributed by atoms with Crippen molar-refractivity contribution in [1.82, 2.24) is 10.3 Å². The molecule has 0 bridgehead atoms. The normalized spacial score (nSPS) is 25.8. The number of aromatic nitrogens is 1. The van der Waals surface area contributed by atoms with Crippen molar-refractivity contribution in [3.8, 4) is 0 Å². The Morgan fingerprint density at radius 1 is 1.35 bits per heavy atom. The highest BCUT2D eigenvalue weighted by atomic mass is 32.1. The van der Waals surface area contributed by atoms with E-state index in [1.165, 1.54) is 42.8 Å². The summed E-state index contributed by atoms with van der Waals surface area (Å²) in [4.78, 5) is 4.61. The highest BCUT2D eigenvalue weighted by Crippen LogP contribution is 2.22. The molecule has 1 saturated carbocycles. The molecular formula is C14H24N2S. The molecule has 0 saturated heterocycles. The van der Waals surface area contributed by atoms with Crippen LogP contribution in [0.5, 0.6) is 0 Å². The van der Waals surface area contributed by atoms with Crippen LogP contribution in [0.1, 0.15) is 56.7 Å². The molecule has 2 nitrogen and oxygen atoms in total. The van der Waals surface area contributed by atoms with Crippen LogP contribution in [0, 0.1) is 5.92 Å². The lowest BCUT2D eigenvalue weighted by molar-refractivity contribution is 0.445. The van der Waals surface area contributed by atoms with E-state index in [1.807, 2.05) is 0 Å². The minimum atomic E-state index is 0.715. The van der Waals surface area contributed by atoms with Crippen molar-refractivity contribution in [2.75, 3.05) is 0 Å². The van der Waals surface area contributed by atoms with Gasteiger partial charge in [-0.25, -0.2) is 4.98 Å². The standard InChI is InChI=1S/C14H24N2S/c1-3-14-16-13(10-17-14)9-15-12-6-4-5-11(2)7-8-12/h10-12,15H,3-9H2,1-2H3. The molecule has 1 aliphatic rings. The van der Waals surface area contributed by atoms with Gasteiger partial charge < -0.3 is 5.32 Å². The molecule has 0 aromatic carbocycles. The predicted molar refractivity (Wildman–Crippen MR) is 74.4 cm³/mol. The van der Waals surface area contributed by atoms with Crippen molar-refractivity contribution in [2.24, 2.45) is 5.92 Å². The van der Waals surface area contributed by atoms with E-state index >= 15 is 0 Å². The van der Waals surface area contributed by atoms with E-state index < -0.39 is 0 Å². The third kappa shape index (κ3) is 4.07. The van der Waals surface area contributed by atoms with Crippen LogP contribution >= 0.6 is 11.3 Å². The molecule has 0 amide bonds. The lowest BCUT2D eigenvalue weighted by Crippen LogP contribution is -2.28. The van der Waals surface area contributed by atoms with Crippen molar-refractivity contribution in [2.45, 2.75) is 65.0 Å². The Morgan fingerprint density at radius 3 is 3.00 bits per heavy atom. The number of nitrogens with one attached hydrogen (secondary N) is 1. The summed E-state index contributed by atoms with van der Waals surface area (Å²) in [5.74, 6) is 0.924. The maximum absolute atomic E-state index is 4.61. The number of hydrogen-bond donors (Lipinski definition) is 1. The SMILES string of the molecule is CCc1nc(CNC2CCCC(C)CC2)cs1. The summed E-state index contributed by atoms with van der Waals surface area (Å²) in [6.07, 6.45) is 7.92. The van der Waals surface area contributed by atoms with E-state index in [-0.39, 0.29) is 0 Å². The third-order valence-corrected chi connectivity index (χ3v) is 4.77. The molecule has 3 heteroatoms. The first-order chi connectivity index (χ1) is 8.28. The van der Waals surface area contributed by atoms with Gasteiger partial charge in [0, 0.05) is 18.0 Å². The molecule has 1 aromatic heterocycles. The van der Waals surface area contributed by atoms with Gasteiger partial charge in [0.15, 0.2) is 0 Å². The van der Waals surface area contributed by atoms with Gasteiger partial charge in [0.25, 0.3) is 0 Å². The number of hydrogen-bond acceptors (Lipinski definition) is 3. The fraction of sp³-hybridized carbons (Fsp3) is 0.786. The Bertz CT molecular complexity index is 335. The van der Waals surface area contributed by atoms with Crippen molar-refractivity contribution >= 4 is 11.3 Å². The predicted octanol–water partition coefficient (Wildman–Crippen LogP) is 3.76. The Morgan fingerprint density at radius 2 is 2.24 bits per heavy atom. The van der Waals surface area contributed by atoms with Gasteiger partial charge in [-0.05, 0) is 31.6 Å². The Hall–Kier alpha value is -0.410. The number of nitrogens with zero attached hydrogens (tertiary/aromatic N) is 1. The molecule has 1 aromatic rings. The third-order valence-electron chi connectivity index (χ3n) is 3.73. The van der Waals surface area contributed by atoms with Gasteiger partial charge in [-0.3, -0.25) is 0 Å². The maximum Gasteiger partial charge on any atom is 0.0926 e. The molecule has 2 rings (SSSR count). The molecule has 1 heterocycles. The zero-order chi connectivity index (χ0) is 12.1. The van der Waals surface area contributed by atoms with Crippen LogP contribution in [0.2, 0.25) is 0 Å². The molecule has 96 valence electrons. The average molecular weight is 252 g/mol. The zero-order valence-corrected chi connectivity index (χ0v) is 11.9. The average Bonchev–Trinajstić information content (AvgIpc) is 2.70. The molecule has 2 atom stereocenters. The summed E-state index contributed by atoms with van der Waals surface area (Å²) < 4.78 is 0. The minimum absolute atomic E-state index is 0.715. The van der Waals surface area contributed by atoms with Crippen LogP contribution in [-0.2, 0) is 13.0 Å². The van der Waals surface area contributed by atoms with Gasteiger partial charge in [0.2, 0.25) is 0 Å². The molecule has 2 unspecified atom stereocenters. The van der Waals surface area contributed by atoms with Crippen LogP contribution in [0.4, 0.5) is 0 Å². The van der Waals surface area contributed by atoms with Gasteiger partial charge in [-0.15, -0.1) is 11.3 Å². The van der Waals surface area contributed by atoms with E-state index in [2.05, 4.69) is 29.5 Å². The molecule has 0 aliphatic heterocycles. The van der Waals surface area contributed by atoms with Crippen LogP contribution in [0.15, 0.2) is 5.38 Å². The molecule has 0 spiro atoms. The number of thiazole rings is 1. The second-order valence-corrected chi connectivity index (χ2v) is 6.22. The van der Waals surface area contributed by atoms with Gasteiger partial charge in [-0.2, -0.15) is 0 Å². The number of rotatable bonds is 4. The summed E-state index contributed by atoms with van der Waals surface area (Å²) >= 11 is 1.79. The lowest BCUT2D eigenvalue weighted by atomic mass is 10.0. The topological polar surface area (TPSA) is 24.9 Å². The first-order valence-electron chi connectivity index (χ1n) is 6.94. The second-order valence-electron chi connectivity index (χ2n) is 5.28. The Labute approximate surface area is 109 Å². The first kappa shape index (κ1) is 13.0. The van der Waals surface area contributed by atoms with Crippen molar-refractivity contribution in [3.05, 3.63) is 16.1 Å². The summed E-state index contributed by atoms with van der Waals surface area (Å²) in [6.45, 7) is 5.51. The van der Waals surface area contributed by atoms with Crippen LogP contribution in [-0.4, -0.2) is 11.0 Å². The fourth-order valence-electron chi connectivity index (χ4n) is 2.53. The molecule has 1 aliphatic carbocycles. The van der Waals surface area contributed by atoms with E-state index in [4.69, 9.17) is 0 Å². The Kier molecular flexibility index (Phi) is 4.99. The monoisotopic (exact) mass is 252 g/mol. The lowest BCUT2D eigenvalue weighted by Gasteiger charge is -2.15. The van der Waals surface area contributed by atoms with Crippen molar-refractivity contribution in [3.63, 3.8) is 0 Å².